The number of nitrogens with two attached hydrogens (primary N) is 1. The molecular formula is C8H15N3S. The van der Waals surface area contributed by atoms with E-state index in [-0.39, 0.29) is 6.04 Å². The van der Waals surface area contributed by atoms with Gasteiger partial charge in [-0.05, 0) is 12.8 Å². The predicted molar refractivity (Wildman–Crippen MR) is 51.2 cm³/mol. The first-order chi connectivity index (χ1) is 5.59. The van der Waals surface area contributed by atoms with Gasteiger partial charge in [0, 0.05) is 12.5 Å². The molecule has 0 spiro atoms. The summed E-state index contributed by atoms with van der Waals surface area (Å²) in [5.74, 6) is 0.509. The van der Waals surface area contributed by atoms with Crippen molar-refractivity contribution >= 4 is 11.3 Å². The largest absolute Gasteiger partial charge is 0.327 e. The monoisotopic (exact) mass is 185 g/mol. The molecule has 1 heterocycles. The van der Waals surface area contributed by atoms with Crippen molar-refractivity contribution in [3.05, 3.63) is 10.0 Å². The number of rotatable bonds is 3. The topological polar surface area (TPSA) is 51.8 Å². The Balaban J connectivity index is 2.52. The Morgan fingerprint density at radius 3 is 2.50 bits per heavy atom. The molecule has 2 N–H and O–H groups in total. The molecule has 0 aromatic carbocycles. The van der Waals surface area contributed by atoms with Gasteiger partial charge in [0.2, 0.25) is 0 Å². The molecule has 1 aromatic heterocycles. The zero-order valence-electron chi connectivity index (χ0n) is 7.74. The molecule has 68 valence electrons. The molecule has 1 atom stereocenters. The van der Waals surface area contributed by atoms with Crippen LogP contribution >= 0.6 is 11.3 Å². The van der Waals surface area contributed by atoms with Crippen molar-refractivity contribution < 1.29 is 0 Å². The Hall–Kier alpha value is -0.480. The number of aromatic nitrogens is 2. The first-order valence-corrected chi connectivity index (χ1v) is 4.96. The highest BCUT2D eigenvalue weighted by molar-refractivity contribution is 7.11. The lowest BCUT2D eigenvalue weighted by atomic mass is 10.0. The third-order valence-corrected chi connectivity index (χ3v) is 2.70. The minimum atomic E-state index is 0.206. The van der Waals surface area contributed by atoms with E-state index in [9.17, 15) is 0 Å². The van der Waals surface area contributed by atoms with E-state index in [0.29, 0.717) is 5.92 Å². The van der Waals surface area contributed by atoms with Crippen LogP contribution in [0.25, 0.3) is 0 Å². The molecule has 12 heavy (non-hydrogen) atoms. The van der Waals surface area contributed by atoms with Gasteiger partial charge in [-0.25, -0.2) is 0 Å². The second-order valence-electron chi connectivity index (χ2n) is 3.33. The van der Waals surface area contributed by atoms with Gasteiger partial charge < -0.3 is 5.73 Å². The Labute approximate surface area is 77.0 Å². The van der Waals surface area contributed by atoms with Crippen LogP contribution in [0.1, 0.15) is 23.9 Å². The maximum absolute atomic E-state index is 5.90. The predicted octanol–water partition coefficient (Wildman–Crippen LogP) is 1.37. The third kappa shape index (κ3) is 2.53. The number of hydrogen-bond donors (Lipinski definition) is 1. The van der Waals surface area contributed by atoms with Crippen molar-refractivity contribution in [1.82, 2.24) is 10.2 Å². The Morgan fingerprint density at radius 2 is 2.08 bits per heavy atom. The Kier molecular flexibility index (Phi) is 3.17. The van der Waals surface area contributed by atoms with Crippen molar-refractivity contribution in [1.29, 1.82) is 0 Å². The van der Waals surface area contributed by atoms with Gasteiger partial charge in [0.1, 0.15) is 10.0 Å². The highest BCUT2D eigenvalue weighted by Crippen LogP contribution is 2.12. The highest BCUT2D eigenvalue weighted by atomic mass is 32.1. The highest BCUT2D eigenvalue weighted by Gasteiger charge is 2.10. The molecule has 0 radical (unpaired) electrons. The zero-order valence-corrected chi connectivity index (χ0v) is 8.56. The van der Waals surface area contributed by atoms with Crippen LogP contribution in [0.3, 0.4) is 0 Å². The molecule has 0 saturated carbocycles. The summed E-state index contributed by atoms with van der Waals surface area (Å²) in [5, 5.41) is 10.0. The summed E-state index contributed by atoms with van der Waals surface area (Å²) in [6.45, 7) is 6.21. The molecule has 0 aliphatic carbocycles. The third-order valence-electron chi connectivity index (χ3n) is 1.83. The summed E-state index contributed by atoms with van der Waals surface area (Å²) >= 11 is 1.63. The number of nitrogens with zero attached hydrogens (tertiary/aromatic N) is 2. The fraction of sp³-hybridized carbons (Fsp3) is 0.750. The van der Waals surface area contributed by atoms with Gasteiger partial charge in [-0.2, -0.15) is 0 Å². The average molecular weight is 185 g/mol. The van der Waals surface area contributed by atoms with Gasteiger partial charge in [0.15, 0.2) is 0 Å². The van der Waals surface area contributed by atoms with Crippen molar-refractivity contribution in [2.75, 3.05) is 0 Å². The molecule has 1 aromatic rings. The lowest BCUT2D eigenvalue weighted by Crippen LogP contribution is -2.28. The van der Waals surface area contributed by atoms with E-state index in [4.69, 9.17) is 5.73 Å². The normalized spacial score (nSPS) is 13.8. The van der Waals surface area contributed by atoms with Crippen LogP contribution in [0.15, 0.2) is 0 Å². The average Bonchev–Trinajstić information content (AvgIpc) is 2.35. The molecule has 0 fully saturated rings. The molecule has 4 heteroatoms. The van der Waals surface area contributed by atoms with Crippen LogP contribution in [0.4, 0.5) is 0 Å². The van der Waals surface area contributed by atoms with Crippen molar-refractivity contribution in [3.8, 4) is 0 Å². The first kappa shape index (κ1) is 9.61. The molecule has 3 nitrogen and oxygen atoms in total. The van der Waals surface area contributed by atoms with Gasteiger partial charge in [0.05, 0.1) is 0 Å². The fourth-order valence-corrected chi connectivity index (χ4v) is 1.64. The van der Waals surface area contributed by atoms with Crippen LogP contribution in [-0.2, 0) is 6.42 Å². The van der Waals surface area contributed by atoms with Crippen LogP contribution in [-0.4, -0.2) is 16.2 Å². The number of hydrogen-bond acceptors (Lipinski definition) is 4. The summed E-state index contributed by atoms with van der Waals surface area (Å²) in [7, 11) is 0. The summed E-state index contributed by atoms with van der Waals surface area (Å²) < 4.78 is 0. The second-order valence-corrected chi connectivity index (χ2v) is 4.59. The molecule has 0 aliphatic rings. The summed E-state index contributed by atoms with van der Waals surface area (Å²) in [6, 6.07) is 0.206. The van der Waals surface area contributed by atoms with Crippen molar-refractivity contribution in [3.63, 3.8) is 0 Å². The van der Waals surface area contributed by atoms with Crippen molar-refractivity contribution in [2.24, 2.45) is 11.7 Å². The van der Waals surface area contributed by atoms with Crippen LogP contribution in [0, 0.1) is 12.8 Å². The van der Waals surface area contributed by atoms with Gasteiger partial charge in [-0.1, -0.05) is 13.8 Å². The molecule has 1 rings (SSSR count). The first-order valence-electron chi connectivity index (χ1n) is 4.14. The molecule has 1 unspecified atom stereocenters. The van der Waals surface area contributed by atoms with E-state index in [2.05, 4.69) is 24.0 Å². The molecule has 0 aliphatic heterocycles. The van der Waals surface area contributed by atoms with Crippen molar-refractivity contribution in [2.45, 2.75) is 33.2 Å². The lowest BCUT2D eigenvalue weighted by Gasteiger charge is -2.12. The summed E-state index contributed by atoms with van der Waals surface area (Å²) in [4.78, 5) is 0. The smallest absolute Gasteiger partial charge is 0.118 e. The van der Waals surface area contributed by atoms with E-state index < -0.39 is 0 Å². The number of aryl methyl sites for hydroxylation is 1. The Bertz CT molecular complexity index is 244. The van der Waals surface area contributed by atoms with Gasteiger partial charge >= 0.3 is 0 Å². The molecule has 0 amide bonds. The lowest BCUT2D eigenvalue weighted by molar-refractivity contribution is 0.488. The van der Waals surface area contributed by atoms with Gasteiger partial charge in [-0.3, -0.25) is 0 Å². The van der Waals surface area contributed by atoms with Gasteiger partial charge in [0.25, 0.3) is 0 Å². The molecular weight excluding hydrogens is 170 g/mol. The SMILES string of the molecule is Cc1nnc(CC(N)C(C)C)s1. The van der Waals surface area contributed by atoms with E-state index in [1.165, 1.54) is 0 Å². The maximum Gasteiger partial charge on any atom is 0.118 e. The van der Waals surface area contributed by atoms with Crippen LogP contribution < -0.4 is 5.73 Å². The molecule has 0 saturated heterocycles. The standard InChI is InChI=1S/C8H15N3S/c1-5(2)7(9)4-8-11-10-6(3)12-8/h5,7H,4,9H2,1-3H3. The quantitative estimate of drug-likeness (QED) is 0.774. The van der Waals surface area contributed by atoms with E-state index >= 15 is 0 Å². The second kappa shape index (κ2) is 3.96. The Morgan fingerprint density at radius 1 is 1.42 bits per heavy atom. The van der Waals surface area contributed by atoms with E-state index in [1.54, 1.807) is 11.3 Å². The van der Waals surface area contributed by atoms with Crippen LogP contribution in [0.2, 0.25) is 0 Å². The summed E-state index contributed by atoms with van der Waals surface area (Å²) in [5.41, 5.74) is 5.90. The molecule has 0 bridgehead atoms. The van der Waals surface area contributed by atoms with Gasteiger partial charge in [-0.15, -0.1) is 21.5 Å². The summed E-state index contributed by atoms with van der Waals surface area (Å²) in [6.07, 6.45) is 0.850. The minimum Gasteiger partial charge on any atom is -0.327 e. The van der Waals surface area contributed by atoms with Crippen LogP contribution in [0.5, 0.6) is 0 Å². The fourth-order valence-electron chi connectivity index (χ4n) is 0.857. The van der Waals surface area contributed by atoms with E-state index in [0.717, 1.165) is 16.4 Å². The minimum absolute atomic E-state index is 0.206. The zero-order chi connectivity index (χ0) is 9.14. The van der Waals surface area contributed by atoms with E-state index in [1.807, 2.05) is 6.92 Å². The maximum atomic E-state index is 5.90.